The van der Waals surface area contributed by atoms with Crippen LogP contribution in [0.3, 0.4) is 0 Å². The van der Waals surface area contributed by atoms with Crippen molar-refractivity contribution in [1.29, 1.82) is 0 Å². The number of hydrogen-bond donors (Lipinski definition) is 0. The molecule has 2 aliphatic rings. The average molecular weight is 966 g/mol. The summed E-state index contributed by atoms with van der Waals surface area (Å²) in [4.78, 5) is 2.53. The number of fused-ring (bicyclic) bond motifs is 15. The highest BCUT2D eigenvalue weighted by atomic mass is 15.1. The van der Waals surface area contributed by atoms with E-state index in [2.05, 4.69) is 299 Å². The first-order valence-corrected chi connectivity index (χ1v) is 26.3. The smallest absolute Gasteiger partial charge is 0.0755 e. The lowest BCUT2D eigenvalue weighted by Gasteiger charge is -2.39. The Morgan fingerprint density at radius 2 is 0.789 bits per heavy atom. The Morgan fingerprint density at radius 3 is 1.57 bits per heavy atom. The van der Waals surface area contributed by atoms with E-state index in [1.54, 1.807) is 0 Å². The molecule has 0 saturated heterocycles. The van der Waals surface area contributed by atoms with E-state index in [0.717, 1.165) is 45.0 Å². The highest BCUT2D eigenvalue weighted by Crippen LogP contribution is 2.63. The largest absolute Gasteiger partial charge is 0.309 e. The summed E-state index contributed by atoms with van der Waals surface area (Å²) in [6.07, 6.45) is 0. The van der Waals surface area contributed by atoms with Gasteiger partial charge in [-0.1, -0.05) is 218 Å². The van der Waals surface area contributed by atoms with E-state index < -0.39 is 5.41 Å². The van der Waals surface area contributed by atoms with Crippen LogP contribution < -0.4 is 4.90 Å². The summed E-state index contributed by atoms with van der Waals surface area (Å²) >= 11 is 0. The molecule has 76 heavy (non-hydrogen) atoms. The first kappa shape index (κ1) is 42.5. The summed E-state index contributed by atoms with van der Waals surface area (Å²) < 4.78 is 4.93. The summed E-state index contributed by atoms with van der Waals surface area (Å²) in [6, 6.07) is 106. The molecule has 3 heterocycles. The van der Waals surface area contributed by atoms with Crippen molar-refractivity contribution < 1.29 is 0 Å². The predicted molar refractivity (Wildman–Crippen MR) is 317 cm³/mol. The van der Waals surface area contributed by atoms with Crippen molar-refractivity contribution in [2.45, 2.75) is 5.41 Å². The molecule has 1 aliphatic heterocycles. The molecule has 3 heteroatoms. The Balaban J connectivity index is 0.923. The number of benzene rings is 12. The molecule has 1 aliphatic carbocycles. The van der Waals surface area contributed by atoms with E-state index in [1.807, 2.05) is 0 Å². The second-order valence-electron chi connectivity index (χ2n) is 20.3. The van der Waals surface area contributed by atoms with Gasteiger partial charge < -0.3 is 14.0 Å². The zero-order valence-corrected chi connectivity index (χ0v) is 41.5. The maximum Gasteiger partial charge on any atom is 0.0755 e. The van der Waals surface area contributed by atoms with Gasteiger partial charge in [0, 0.05) is 44.0 Å². The molecule has 0 saturated carbocycles. The Hall–Kier alpha value is -9.96. The number of hydrogen-bond acceptors (Lipinski definition) is 1. The Labute approximate surface area is 441 Å². The third kappa shape index (κ3) is 5.99. The van der Waals surface area contributed by atoms with E-state index in [-0.39, 0.29) is 0 Å². The molecule has 0 N–H and O–H groups in total. The summed E-state index contributed by atoms with van der Waals surface area (Å²) in [7, 11) is 0. The first-order chi connectivity index (χ1) is 37.7. The van der Waals surface area contributed by atoms with Crippen LogP contribution in [-0.4, -0.2) is 9.13 Å². The van der Waals surface area contributed by atoms with Crippen molar-refractivity contribution in [1.82, 2.24) is 9.13 Å². The Bertz CT molecular complexity index is 4600. The van der Waals surface area contributed by atoms with Crippen LogP contribution in [0, 0.1) is 0 Å². The normalized spacial score (nSPS) is 14.1. The van der Waals surface area contributed by atoms with Gasteiger partial charge in [-0.05, 0) is 122 Å². The molecule has 0 fully saturated rings. The molecule has 2 aromatic heterocycles. The molecule has 16 rings (SSSR count). The van der Waals surface area contributed by atoms with Crippen LogP contribution in [0.5, 0.6) is 0 Å². The van der Waals surface area contributed by atoms with Crippen LogP contribution >= 0.6 is 0 Å². The standard InChI is InChI=1S/C73H47N3/c1-2-20-48(21-3-1)50-22-16-24-52(46-50)55-26-5-11-36-65(55)74(53-44-42-49(43-45-53)51-23-17-25-54(47-51)75-66-37-12-6-27-56(66)57-28-7-13-38-67(57)75)70-41-19-34-63-71(70)60-30-4-9-32-61(60)73(63)62-33-10-15-40-69(62)76-68-39-14-8-29-58(68)59-31-18-35-64(73)72(59)76/h1-47H. The maximum atomic E-state index is 2.53. The van der Waals surface area contributed by atoms with Gasteiger partial charge in [-0.2, -0.15) is 0 Å². The van der Waals surface area contributed by atoms with E-state index in [9.17, 15) is 0 Å². The van der Waals surface area contributed by atoms with Crippen LogP contribution in [0.2, 0.25) is 0 Å². The van der Waals surface area contributed by atoms with Crippen molar-refractivity contribution in [2.24, 2.45) is 0 Å². The van der Waals surface area contributed by atoms with Gasteiger partial charge in [0.25, 0.3) is 0 Å². The van der Waals surface area contributed by atoms with Crippen molar-refractivity contribution in [3.05, 3.63) is 307 Å². The average Bonchev–Trinajstić information content (AvgIpc) is 4.21. The predicted octanol–water partition coefficient (Wildman–Crippen LogP) is 19.0. The number of para-hydroxylation sites is 6. The topological polar surface area (TPSA) is 13.1 Å². The van der Waals surface area contributed by atoms with Gasteiger partial charge in [0.1, 0.15) is 0 Å². The molecular formula is C73H47N3. The Morgan fingerprint density at radius 1 is 0.289 bits per heavy atom. The van der Waals surface area contributed by atoms with Crippen LogP contribution in [0.15, 0.2) is 285 Å². The van der Waals surface area contributed by atoms with Gasteiger partial charge in [0.05, 0.1) is 44.5 Å². The number of nitrogens with zero attached hydrogens (tertiary/aromatic N) is 3. The molecule has 14 aromatic rings. The number of anilines is 3. The summed E-state index contributed by atoms with van der Waals surface area (Å²) in [5, 5.41) is 5.06. The SMILES string of the molecule is c1ccc(-c2cccc(-c3ccccc3N(c3ccc(-c4cccc(-n5c6ccccc6c6ccccc65)c4)cc3)c3cccc4c3-c3ccccc3C43c4ccccc4-n4c5ccccc5c5cccc3c54)c2)cc1. The van der Waals surface area contributed by atoms with Crippen LogP contribution in [0.1, 0.15) is 22.3 Å². The fourth-order valence-electron chi connectivity index (χ4n) is 13.4. The van der Waals surface area contributed by atoms with Crippen molar-refractivity contribution >= 4 is 60.7 Å². The van der Waals surface area contributed by atoms with Gasteiger partial charge in [-0.15, -0.1) is 0 Å². The molecule has 0 bridgehead atoms. The molecule has 0 amide bonds. The highest BCUT2D eigenvalue weighted by Gasteiger charge is 2.51. The van der Waals surface area contributed by atoms with Gasteiger partial charge >= 0.3 is 0 Å². The lowest BCUT2D eigenvalue weighted by molar-refractivity contribution is 0.748. The monoisotopic (exact) mass is 965 g/mol. The molecular weight excluding hydrogens is 919 g/mol. The summed E-state index contributed by atoms with van der Waals surface area (Å²) in [6.45, 7) is 0. The lowest BCUT2D eigenvalue weighted by Crippen LogP contribution is -2.33. The number of aromatic nitrogens is 2. The van der Waals surface area contributed by atoms with Crippen LogP contribution in [-0.2, 0) is 5.41 Å². The molecule has 1 spiro atoms. The van der Waals surface area contributed by atoms with E-state index in [1.165, 1.54) is 93.8 Å². The third-order valence-corrected chi connectivity index (χ3v) is 16.5. The third-order valence-electron chi connectivity index (χ3n) is 16.5. The minimum absolute atomic E-state index is 0.594. The minimum atomic E-state index is -0.594. The van der Waals surface area contributed by atoms with E-state index >= 15 is 0 Å². The Kier molecular flexibility index (Phi) is 9.25. The zero-order chi connectivity index (χ0) is 49.9. The highest BCUT2D eigenvalue weighted by molar-refractivity contribution is 6.14. The van der Waals surface area contributed by atoms with Crippen molar-refractivity contribution in [3.63, 3.8) is 0 Å². The maximum absolute atomic E-state index is 2.53. The lowest BCUT2D eigenvalue weighted by atomic mass is 9.65. The molecule has 12 aromatic carbocycles. The van der Waals surface area contributed by atoms with E-state index in [4.69, 9.17) is 0 Å². The minimum Gasteiger partial charge on any atom is -0.309 e. The zero-order valence-electron chi connectivity index (χ0n) is 41.5. The van der Waals surface area contributed by atoms with Gasteiger partial charge in [-0.25, -0.2) is 0 Å². The van der Waals surface area contributed by atoms with Gasteiger partial charge in [0.15, 0.2) is 0 Å². The fourth-order valence-corrected chi connectivity index (χ4v) is 13.4. The quantitative estimate of drug-likeness (QED) is 0.155. The number of rotatable bonds is 7. The van der Waals surface area contributed by atoms with Gasteiger partial charge in [0.2, 0.25) is 0 Å². The molecule has 354 valence electrons. The van der Waals surface area contributed by atoms with Crippen LogP contribution in [0.4, 0.5) is 17.1 Å². The molecule has 1 unspecified atom stereocenters. The molecule has 1 atom stereocenters. The fraction of sp³-hybridized carbons (Fsp3) is 0.0137. The van der Waals surface area contributed by atoms with Crippen LogP contribution in [0.25, 0.3) is 99.5 Å². The molecule has 3 nitrogen and oxygen atoms in total. The summed E-state index contributed by atoms with van der Waals surface area (Å²) in [5.41, 5.74) is 24.7. The second kappa shape index (κ2) is 16.5. The summed E-state index contributed by atoms with van der Waals surface area (Å²) in [5.74, 6) is 0. The van der Waals surface area contributed by atoms with Crippen molar-refractivity contribution in [3.8, 4) is 55.9 Å². The second-order valence-corrected chi connectivity index (χ2v) is 20.3. The first-order valence-electron chi connectivity index (χ1n) is 26.3. The van der Waals surface area contributed by atoms with E-state index in [0.29, 0.717) is 0 Å². The van der Waals surface area contributed by atoms with Gasteiger partial charge in [-0.3, -0.25) is 0 Å². The van der Waals surface area contributed by atoms with Crippen molar-refractivity contribution in [2.75, 3.05) is 4.90 Å². The molecule has 0 radical (unpaired) electrons.